The third kappa shape index (κ3) is 15.8. The van der Waals surface area contributed by atoms with Gasteiger partial charge in [0.1, 0.15) is 13.1 Å². The van der Waals surface area contributed by atoms with Crippen molar-refractivity contribution in [3.8, 4) is 0 Å². The number of hydrogen-bond acceptors (Lipinski definition) is 6. The molecule has 0 fully saturated rings. The fourth-order valence-corrected chi connectivity index (χ4v) is 7.55. The van der Waals surface area contributed by atoms with E-state index < -0.39 is 0 Å². The Labute approximate surface area is 332 Å². The van der Waals surface area contributed by atoms with Crippen LogP contribution < -0.4 is 19.4 Å². The molecule has 3 aromatic rings. The van der Waals surface area contributed by atoms with Gasteiger partial charge in [-0.15, -0.1) is 0 Å². The largest absolute Gasteiger partial charge is 0.374 e. The number of allylic oxidation sites excluding steroid dienone is 5. The number of nitrogens with zero attached hydrogens (tertiary/aromatic N) is 5. The number of aryl methyl sites for hydroxylation is 1. The van der Waals surface area contributed by atoms with Crippen LogP contribution in [0.1, 0.15) is 43.5 Å². The summed E-state index contributed by atoms with van der Waals surface area (Å²) in [5.74, 6) is 0.850. The van der Waals surface area contributed by atoms with E-state index in [2.05, 4.69) is 132 Å². The molecule has 0 saturated heterocycles. The molecule has 54 heavy (non-hydrogen) atoms. The molecule has 8 nitrogen and oxygen atoms in total. The van der Waals surface area contributed by atoms with E-state index in [9.17, 15) is 9.59 Å². The van der Waals surface area contributed by atoms with Gasteiger partial charge in [-0.2, -0.15) is 4.57 Å². The Hall–Kier alpha value is -4.54. The standard InChI is InChI=1S/C44H59N6O2S2/c1-7-45-30-18-11-9-10-12-22-38-23-13-15-26-41(38)46(3)31-20-33-48(5)43(51)36-53-54-37-44(52)49(6)34-21-32-47(4)42-27-16-14-24-39(42)28-29-40-25-17-19-35-50(40)8-2/h9-19,22-30,35H,7-8,20-21,31-34,36-37H2,1-6H3/q+1/p+1/b10-9+,18-11-,22-12+,45-30?. The van der Waals surface area contributed by atoms with Gasteiger partial charge in [-0.25, -0.2) is 4.99 Å². The van der Waals surface area contributed by atoms with Crippen LogP contribution in [0, 0.1) is 0 Å². The van der Waals surface area contributed by atoms with Crippen molar-refractivity contribution in [2.24, 2.45) is 0 Å². The molecule has 0 atom stereocenters. The van der Waals surface area contributed by atoms with Crippen LogP contribution in [0.3, 0.4) is 0 Å². The van der Waals surface area contributed by atoms with E-state index >= 15 is 0 Å². The molecule has 0 unspecified atom stereocenters. The lowest BCUT2D eigenvalue weighted by molar-refractivity contribution is -0.695. The number of benzene rings is 2. The molecule has 288 valence electrons. The van der Waals surface area contributed by atoms with Crippen LogP contribution in [0.25, 0.3) is 18.2 Å². The summed E-state index contributed by atoms with van der Waals surface area (Å²) < 4.78 is 2.22. The third-order valence-corrected chi connectivity index (χ3v) is 11.0. The van der Waals surface area contributed by atoms with Gasteiger partial charge >= 0.3 is 0 Å². The molecule has 0 aliphatic heterocycles. The number of amides is 2. The lowest BCUT2D eigenvalue weighted by atomic mass is 10.1. The summed E-state index contributed by atoms with van der Waals surface area (Å²) in [6, 6.07) is 23.0. The second-order valence-electron chi connectivity index (χ2n) is 12.9. The van der Waals surface area contributed by atoms with Gasteiger partial charge < -0.3 is 19.6 Å². The second-order valence-corrected chi connectivity index (χ2v) is 15.4. The minimum atomic E-state index is 0.0784. The Bertz CT molecular complexity index is 1740. The molecule has 2 amide bonds. The topological polar surface area (TPSA) is 65.0 Å². The van der Waals surface area contributed by atoms with E-state index in [0.29, 0.717) is 24.6 Å². The average molecular weight is 769 g/mol. The number of para-hydroxylation sites is 2. The van der Waals surface area contributed by atoms with E-state index in [-0.39, 0.29) is 11.8 Å². The van der Waals surface area contributed by atoms with Crippen molar-refractivity contribution in [3.63, 3.8) is 0 Å². The van der Waals surface area contributed by atoms with Crippen molar-refractivity contribution in [2.75, 3.05) is 82.2 Å². The number of nitrogens with one attached hydrogen (secondary N) is 1. The van der Waals surface area contributed by atoms with Crippen LogP contribution in [0.4, 0.5) is 11.4 Å². The number of rotatable bonds is 23. The Morgan fingerprint density at radius 3 is 1.72 bits per heavy atom. The zero-order valence-electron chi connectivity index (χ0n) is 33.1. The SMILES string of the molecule is CC[NH+]=C\C=C/C=C/C=C/c1ccccc1N(C)CCCN(C)C(=O)CSSCC(=O)N(C)CCCN(C)c1ccccc1/C=C/c1cccc[n+]1CC. The monoisotopic (exact) mass is 768 g/mol. The van der Waals surface area contributed by atoms with Crippen molar-refractivity contribution >= 4 is 69.2 Å². The zero-order chi connectivity index (χ0) is 39.0. The maximum Gasteiger partial charge on any atom is 0.233 e. The fraction of sp³-hybridized carbons (Fsp3) is 0.364. The van der Waals surface area contributed by atoms with Crippen molar-refractivity contribution in [3.05, 3.63) is 120 Å². The minimum Gasteiger partial charge on any atom is -0.374 e. The van der Waals surface area contributed by atoms with Gasteiger partial charge in [0.25, 0.3) is 0 Å². The molecule has 0 saturated carbocycles. The zero-order valence-corrected chi connectivity index (χ0v) is 34.7. The molecule has 1 N–H and O–H groups in total. The fourth-order valence-electron chi connectivity index (χ4n) is 5.63. The molecule has 0 aliphatic rings. The molecular formula is C44H60N6O2S2+2. The van der Waals surface area contributed by atoms with Crippen molar-refractivity contribution in [2.45, 2.75) is 33.2 Å². The number of hydrogen-bond donors (Lipinski definition) is 1. The summed E-state index contributed by atoms with van der Waals surface area (Å²) >= 11 is 0. The first kappa shape index (κ1) is 43.9. The van der Waals surface area contributed by atoms with Gasteiger partial charge in [-0.1, -0.05) is 88.4 Å². The lowest BCUT2D eigenvalue weighted by Gasteiger charge is -2.24. The first-order valence-corrected chi connectivity index (χ1v) is 21.3. The second kappa shape index (κ2) is 25.5. The third-order valence-electron chi connectivity index (χ3n) is 8.86. The number of carbonyl (C=O) groups is 2. The number of aromatic nitrogens is 1. The highest BCUT2D eigenvalue weighted by molar-refractivity contribution is 8.77. The van der Waals surface area contributed by atoms with E-state index in [0.717, 1.165) is 61.5 Å². The van der Waals surface area contributed by atoms with E-state index in [1.54, 1.807) is 9.80 Å². The summed E-state index contributed by atoms with van der Waals surface area (Å²) in [4.78, 5) is 36.9. The summed E-state index contributed by atoms with van der Waals surface area (Å²) in [5, 5.41) is 0. The number of carbonyl (C=O) groups excluding carboxylic acids is 2. The highest BCUT2D eigenvalue weighted by Crippen LogP contribution is 2.24. The van der Waals surface area contributed by atoms with Crippen molar-refractivity contribution in [1.29, 1.82) is 0 Å². The molecule has 0 radical (unpaired) electrons. The summed E-state index contributed by atoms with van der Waals surface area (Å²) in [5.41, 5.74) is 5.79. The molecule has 0 aliphatic carbocycles. The average Bonchev–Trinajstić information content (AvgIpc) is 3.19. The normalized spacial score (nSPS) is 11.8. The van der Waals surface area contributed by atoms with Crippen LogP contribution in [-0.2, 0) is 16.1 Å². The van der Waals surface area contributed by atoms with Gasteiger partial charge in [0.2, 0.25) is 17.5 Å². The maximum absolute atomic E-state index is 12.8. The molecular weight excluding hydrogens is 709 g/mol. The van der Waals surface area contributed by atoms with Crippen LogP contribution >= 0.6 is 21.6 Å². The van der Waals surface area contributed by atoms with Crippen molar-refractivity contribution in [1.82, 2.24) is 9.80 Å². The van der Waals surface area contributed by atoms with Gasteiger partial charge in [0, 0.05) is 90.0 Å². The lowest BCUT2D eigenvalue weighted by Crippen LogP contribution is -2.67. The van der Waals surface area contributed by atoms with Crippen LogP contribution in [0.15, 0.2) is 103 Å². The Kier molecular flexibility index (Phi) is 20.7. The molecule has 1 heterocycles. The van der Waals surface area contributed by atoms with Gasteiger partial charge in [-0.05, 0) is 62.1 Å². The van der Waals surface area contributed by atoms with Gasteiger partial charge in [0.05, 0.1) is 11.5 Å². The molecule has 3 rings (SSSR count). The Morgan fingerprint density at radius 2 is 1.15 bits per heavy atom. The van der Waals surface area contributed by atoms with E-state index in [1.807, 2.05) is 56.8 Å². The van der Waals surface area contributed by atoms with Crippen LogP contribution in [-0.4, -0.2) is 100 Å². The first-order chi connectivity index (χ1) is 26.2. The minimum absolute atomic E-state index is 0.0784. The maximum atomic E-state index is 12.8. The quantitative estimate of drug-likeness (QED) is 0.0413. The van der Waals surface area contributed by atoms with Gasteiger partial charge in [-0.3, -0.25) is 9.59 Å². The predicted molar refractivity (Wildman–Crippen MR) is 235 cm³/mol. The number of pyridine rings is 1. The van der Waals surface area contributed by atoms with Crippen LogP contribution in [0.2, 0.25) is 0 Å². The molecule has 10 heteroatoms. The molecule has 0 spiro atoms. The van der Waals surface area contributed by atoms with E-state index in [4.69, 9.17) is 0 Å². The summed E-state index contributed by atoms with van der Waals surface area (Å²) in [7, 11) is 10.8. The number of anilines is 2. The Balaban J connectivity index is 1.33. The van der Waals surface area contributed by atoms with Gasteiger partial charge in [0.15, 0.2) is 12.4 Å². The van der Waals surface area contributed by atoms with E-state index in [1.165, 1.54) is 27.3 Å². The predicted octanol–water partition coefficient (Wildman–Crippen LogP) is 6.11. The Morgan fingerprint density at radius 1 is 0.630 bits per heavy atom. The van der Waals surface area contributed by atoms with Crippen molar-refractivity contribution < 1.29 is 19.1 Å². The highest BCUT2D eigenvalue weighted by Gasteiger charge is 2.14. The van der Waals surface area contributed by atoms with Crippen LogP contribution in [0.5, 0.6) is 0 Å². The molecule has 1 aromatic heterocycles. The summed E-state index contributed by atoms with van der Waals surface area (Å²) in [6.07, 6.45) is 22.2. The summed E-state index contributed by atoms with van der Waals surface area (Å²) in [6.45, 7) is 9.06. The highest BCUT2D eigenvalue weighted by atomic mass is 33.1. The molecule has 2 aromatic carbocycles. The smallest absolute Gasteiger partial charge is 0.233 e. The first-order valence-electron chi connectivity index (χ1n) is 18.8. The molecule has 0 bridgehead atoms.